The Morgan fingerprint density at radius 2 is 1.87 bits per heavy atom. The second-order valence-corrected chi connectivity index (χ2v) is 12.7. The monoisotopic (exact) mass is 535 g/mol. The lowest BCUT2D eigenvalue weighted by Gasteiger charge is -2.47. The highest BCUT2D eigenvalue weighted by Crippen LogP contribution is 2.49. The predicted molar refractivity (Wildman–Crippen MR) is 152 cm³/mol. The first kappa shape index (κ1) is 28.9. The number of hydrogen-bond acceptors (Lipinski definition) is 6. The number of carbonyl (C=O) groups excluding carboxylic acids is 2. The minimum atomic E-state index is -0.470. The van der Waals surface area contributed by atoms with E-state index in [-0.39, 0.29) is 29.8 Å². The maximum absolute atomic E-state index is 14.1. The molecule has 1 fully saturated rings. The third-order valence-electron chi connectivity index (χ3n) is 8.37. The van der Waals surface area contributed by atoms with Crippen LogP contribution in [0.4, 0.5) is 0 Å². The molecule has 0 bridgehead atoms. The van der Waals surface area contributed by atoms with Crippen LogP contribution in [0.25, 0.3) is 0 Å². The van der Waals surface area contributed by atoms with Gasteiger partial charge < -0.3 is 10.2 Å². The van der Waals surface area contributed by atoms with Crippen molar-refractivity contribution >= 4 is 17.5 Å². The van der Waals surface area contributed by atoms with Gasteiger partial charge in [-0.05, 0) is 73.5 Å². The molecule has 2 amide bonds. The molecule has 1 aromatic heterocycles. The molecule has 2 N–H and O–H groups in total. The van der Waals surface area contributed by atoms with Crippen LogP contribution >= 0.6 is 0 Å². The molecular formula is C30H45N7O2. The average Bonchev–Trinajstić information content (AvgIpc) is 3.50. The van der Waals surface area contributed by atoms with Crippen LogP contribution in [0, 0.1) is 17.3 Å². The fourth-order valence-corrected chi connectivity index (χ4v) is 6.15. The van der Waals surface area contributed by atoms with Crippen molar-refractivity contribution in [2.45, 2.75) is 111 Å². The van der Waals surface area contributed by atoms with Crippen molar-refractivity contribution in [3.8, 4) is 0 Å². The van der Waals surface area contributed by atoms with Crippen LogP contribution in [0.15, 0.2) is 29.3 Å². The molecule has 1 aliphatic carbocycles. The molecule has 1 saturated carbocycles. The Bertz CT molecular complexity index is 1140. The fourth-order valence-electron chi connectivity index (χ4n) is 6.15. The Hall–Kier alpha value is -3.10. The van der Waals surface area contributed by atoms with Crippen molar-refractivity contribution in [3.63, 3.8) is 0 Å². The number of unbranched alkanes of at least 4 members (excludes halogenated alkanes) is 1. The summed E-state index contributed by atoms with van der Waals surface area (Å²) < 4.78 is 0. The molecule has 2 aliphatic rings. The highest BCUT2D eigenvalue weighted by atomic mass is 16.2. The summed E-state index contributed by atoms with van der Waals surface area (Å²) in [5.41, 5.74) is 2.13. The number of H-pyrrole nitrogens is 1. The zero-order valence-corrected chi connectivity index (χ0v) is 24.5. The Kier molecular flexibility index (Phi) is 8.86. The molecule has 4 rings (SSSR count). The van der Waals surface area contributed by atoms with E-state index in [1.54, 1.807) is 0 Å². The summed E-state index contributed by atoms with van der Waals surface area (Å²) in [6.45, 7) is 13.7. The van der Waals surface area contributed by atoms with Crippen LogP contribution in [0.1, 0.15) is 121 Å². The first-order chi connectivity index (χ1) is 18.5. The van der Waals surface area contributed by atoms with E-state index in [0.717, 1.165) is 56.2 Å². The van der Waals surface area contributed by atoms with E-state index in [0.29, 0.717) is 29.6 Å². The van der Waals surface area contributed by atoms with Gasteiger partial charge >= 0.3 is 0 Å². The standard InChI is InChI=1S/C30H45N7O2/c1-7-8-9-25(21-10-12-22(13-11-21)27(38)31-19-26-33-35-36-34-26)37-28(39)24(18-20(2)3)32-30(37)16-14-23(15-17-30)29(4,5)6/h10-13,20,23,25H,7-9,14-19H2,1-6H3,(H,31,38)(H,33,34,35,36)/t23?,25-,30?/m1/s1. The molecule has 0 unspecified atom stereocenters. The van der Waals surface area contributed by atoms with Crippen LogP contribution in [-0.4, -0.2) is 48.7 Å². The van der Waals surface area contributed by atoms with Gasteiger partial charge in [0.05, 0.1) is 12.6 Å². The maximum Gasteiger partial charge on any atom is 0.270 e. The summed E-state index contributed by atoms with van der Waals surface area (Å²) in [6, 6.07) is 7.63. The molecule has 1 spiro atoms. The van der Waals surface area contributed by atoms with E-state index in [4.69, 9.17) is 4.99 Å². The summed E-state index contributed by atoms with van der Waals surface area (Å²) in [5.74, 6) is 1.32. The number of aromatic amines is 1. The van der Waals surface area contributed by atoms with E-state index in [1.807, 2.05) is 24.3 Å². The number of nitrogens with one attached hydrogen (secondary N) is 2. The van der Waals surface area contributed by atoms with Gasteiger partial charge in [0, 0.05) is 5.56 Å². The number of rotatable bonds is 10. The number of aromatic nitrogens is 4. The van der Waals surface area contributed by atoms with Crippen LogP contribution in [-0.2, 0) is 11.3 Å². The van der Waals surface area contributed by atoms with Crippen LogP contribution in [0.2, 0.25) is 0 Å². The molecule has 0 saturated heterocycles. The molecule has 1 aromatic carbocycles. The van der Waals surface area contributed by atoms with Gasteiger partial charge in [0.1, 0.15) is 11.4 Å². The van der Waals surface area contributed by atoms with E-state index >= 15 is 0 Å². The Morgan fingerprint density at radius 1 is 1.18 bits per heavy atom. The first-order valence-corrected chi connectivity index (χ1v) is 14.6. The summed E-state index contributed by atoms with van der Waals surface area (Å²) in [7, 11) is 0. The largest absolute Gasteiger partial charge is 0.345 e. The van der Waals surface area contributed by atoms with Gasteiger partial charge in [-0.3, -0.25) is 14.6 Å². The first-order valence-electron chi connectivity index (χ1n) is 14.6. The van der Waals surface area contributed by atoms with Gasteiger partial charge in [0.25, 0.3) is 11.8 Å². The molecule has 2 heterocycles. The van der Waals surface area contributed by atoms with E-state index < -0.39 is 5.66 Å². The lowest BCUT2D eigenvalue weighted by atomic mass is 9.69. The molecule has 212 valence electrons. The second-order valence-electron chi connectivity index (χ2n) is 12.7. The third-order valence-corrected chi connectivity index (χ3v) is 8.37. The number of nitrogens with zero attached hydrogens (tertiary/aromatic N) is 5. The topological polar surface area (TPSA) is 116 Å². The summed E-state index contributed by atoms with van der Waals surface area (Å²) in [5, 5.41) is 16.5. The van der Waals surface area contributed by atoms with Crippen molar-refractivity contribution < 1.29 is 9.59 Å². The molecule has 0 radical (unpaired) electrons. The highest BCUT2D eigenvalue weighted by molar-refractivity contribution is 6.40. The van der Waals surface area contributed by atoms with Crippen molar-refractivity contribution in [1.82, 2.24) is 30.8 Å². The van der Waals surface area contributed by atoms with Crippen LogP contribution in [0.3, 0.4) is 0 Å². The highest BCUT2D eigenvalue weighted by Gasteiger charge is 2.52. The van der Waals surface area contributed by atoms with E-state index in [1.165, 1.54) is 0 Å². The Balaban J connectivity index is 1.60. The van der Waals surface area contributed by atoms with Crippen molar-refractivity contribution in [1.29, 1.82) is 0 Å². The summed E-state index contributed by atoms with van der Waals surface area (Å²) >= 11 is 0. The predicted octanol–water partition coefficient (Wildman–Crippen LogP) is 5.62. The zero-order valence-electron chi connectivity index (χ0n) is 24.5. The van der Waals surface area contributed by atoms with Crippen LogP contribution in [0.5, 0.6) is 0 Å². The van der Waals surface area contributed by atoms with Gasteiger partial charge in [0.15, 0.2) is 5.82 Å². The number of carbonyl (C=O) groups is 2. The van der Waals surface area contributed by atoms with E-state index in [9.17, 15) is 9.59 Å². The van der Waals surface area contributed by atoms with Crippen molar-refractivity contribution in [3.05, 3.63) is 41.2 Å². The van der Waals surface area contributed by atoms with Crippen molar-refractivity contribution in [2.75, 3.05) is 0 Å². The molecule has 2 aromatic rings. The molecule has 1 atom stereocenters. The molecular weight excluding hydrogens is 490 g/mol. The van der Waals surface area contributed by atoms with Gasteiger partial charge in [-0.1, -0.05) is 71.7 Å². The third kappa shape index (κ3) is 6.56. The molecule has 9 heteroatoms. The van der Waals surface area contributed by atoms with Crippen LogP contribution < -0.4 is 5.32 Å². The Morgan fingerprint density at radius 3 is 2.44 bits per heavy atom. The Labute approximate surface area is 232 Å². The lowest BCUT2D eigenvalue weighted by molar-refractivity contribution is -0.134. The normalized spacial score (nSPS) is 22.4. The van der Waals surface area contributed by atoms with Crippen molar-refractivity contribution in [2.24, 2.45) is 22.2 Å². The van der Waals surface area contributed by atoms with Gasteiger partial charge in [-0.2, -0.15) is 5.21 Å². The molecule has 9 nitrogen and oxygen atoms in total. The molecule has 39 heavy (non-hydrogen) atoms. The summed E-state index contributed by atoms with van der Waals surface area (Å²) in [6.07, 6.45) is 7.61. The quantitative estimate of drug-likeness (QED) is 0.409. The number of aliphatic imine (C=N–C) groups is 1. The smallest absolute Gasteiger partial charge is 0.270 e. The zero-order chi connectivity index (χ0) is 28.2. The lowest BCUT2D eigenvalue weighted by Crippen LogP contribution is -2.51. The fraction of sp³-hybridized carbons (Fsp3) is 0.667. The van der Waals surface area contributed by atoms with Gasteiger partial charge in [-0.15, -0.1) is 10.2 Å². The number of tetrazole rings is 1. The van der Waals surface area contributed by atoms with Gasteiger partial charge in [0.2, 0.25) is 0 Å². The summed E-state index contributed by atoms with van der Waals surface area (Å²) in [4.78, 5) is 34.2. The average molecular weight is 536 g/mol. The van der Waals surface area contributed by atoms with E-state index in [2.05, 4.69) is 72.4 Å². The minimum Gasteiger partial charge on any atom is -0.345 e. The van der Waals surface area contributed by atoms with Gasteiger partial charge in [-0.25, -0.2) is 0 Å². The number of amides is 2. The minimum absolute atomic E-state index is 0.0755. The number of benzene rings is 1. The number of hydrogen-bond donors (Lipinski definition) is 2. The molecule has 1 aliphatic heterocycles. The second kappa shape index (κ2) is 12.0. The maximum atomic E-state index is 14.1. The SMILES string of the molecule is CCCC[C@H](c1ccc(C(=O)NCc2nn[nH]n2)cc1)N1C(=O)C(CC(C)C)=NC12CCC(C(C)(C)C)CC2.